The third-order valence-corrected chi connectivity index (χ3v) is 6.29. The van der Waals surface area contributed by atoms with Gasteiger partial charge in [0.1, 0.15) is 29.8 Å². The normalized spacial score (nSPS) is 21.6. The van der Waals surface area contributed by atoms with Crippen molar-refractivity contribution in [1.82, 2.24) is 19.7 Å². The molecule has 1 saturated carbocycles. The van der Waals surface area contributed by atoms with E-state index in [4.69, 9.17) is 5.14 Å². The molecule has 0 bridgehead atoms. The molecule has 4 atom stereocenters. The molecule has 0 aliphatic heterocycles. The molecule has 2 aromatic heterocycles. The van der Waals surface area contributed by atoms with E-state index in [1.165, 1.54) is 35.3 Å². The van der Waals surface area contributed by atoms with E-state index in [1.54, 1.807) is 6.07 Å². The maximum absolute atomic E-state index is 14.8. The summed E-state index contributed by atoms with van der Waals surface area (Å²) in [4.78, 5) is 21.0. The Bertz CT molecular complexity index is 1440. The Morgan fingerprint density at radius 2 is 2.05 bits per heavy atom. The van der Waals surface area contributed by atoms with Crippen LogP contribution in [0.4, 0.5) is 23.4 Å². The summed E-state index contributed by atoms with van der Waals surface area (Å²) in [7, 11) is -4.28. The molecule has 0 radical (unpaired) electrons. The Balaban J connectivity index is 1.46. The van der Waals surface area contributed by atoms with Crippen molar-refractivity contribution >= 4 is 21.9 Å². The van der Waals surface area contributed by atoms with Crippen LogP contribution in [0.2, 0.25) is 0 Å². The number of hydrogen-bond donors (Lipinski definition) is 3. The Morgan fingerprint density at radius 1 is 1.28 bits per heavy atom. The number of anilines is 1. The smallest absolute Gasteiger partial charge is 0.406 e. The SMILES string of the molecule is NS(=O)(=O)OCC1CC(Nc2ncncc2C(=O)c2ccn(Cc3cccc(OC(F)(F)F)c3)n2)C(F)C1O. The number of ketones is 1. The summed E-state index contributed by atoms with van der Waals surface area (Å²) < 4.78 is 84.0. The average molecular weight is 575 g/mol. The van der Waals surface area contributed by atoms with Crippen molar-refractivity contribution in [3.05, 3.63) is 65.9 Å². The van der Waals surface area contributed by atoms with E-state index in [9.17, 15) is 35.9 Å². The molecule has 4 rings (SSSR count). The van der Waals surface area contributed by atoms with Gasteiger partial charge in [0.15, 0.2) is 0 Å². The molecule has 0 spiro atoms. The summed E-state index contributed by atoms with van der Waals surface area (Å²) in [5.74, 6) is -1.97. The number of carbonyl (C=O) groups excluding carboxylic acids is 1. The summed E-state index contributed by atoms with van der Waals surface area (Å²) in [5, 5.41) is 21.9. The standard InChI is InChI=1S/C22H22F4N6O6S/c23-18-17(7-13(19(18)33)10-37-39(27,35)36)30-21-15(8-28-11-29-21)20(34)16-4-5-32(31-16)9-12-2-1-3-14(6-12)38-22(24,25)26/h1-6,8,11,13,17-19,33H,7,9-10H2,(H2,27,35,36)(H,28,29,30). The maximum Gasteiger partial charge on any atom is 0.573 e. The van der Waals surface area contributed by atoms with Crippen molar-refractivity contribution in [3.63, 3.8) is 0 Å². The third-order valence-electron chi connectivity index (χ3n) is 5.83. The number of hydrogen-bond acceptors (Lipinski definition) is 10. The number of nitrogens with one attached hydrogen (secondary N) is 1. The molecule has 12 nitrogen and oxygen atoms in total. The second kappa shape index (κ2) is 11.2. The predicted molar refractivity (Wildman–Crippen MR) is 125 cm³/mol. The summed E-state index contributed by atoms with van der Waals surface area (Å²) >= 11 is 0. The van der Waals surface area contributed by atoms with Gasteiger partial charge in [-0.25, -0.2) is 19.5 Å². The van der Waals surface area contributed by atoms with E-state index in [-0.39, 0.29) is 30.0 Å². The van der Waals surface area contributed by atoms with Crippen LogP contribution >= 0.6 is 0 Å². The lowest BCUT2D eigenvalue weighted by atomic mass is 10.1. The van der Waals surface area contributed by atoms with Gasteiger partial charge in [0.25, 0.3) is 0 Å². The van der Waals surface area contributed by atoms with Crippen molar-refractivity contribution in [2.75, 3.05) is 11.9 Å². The van der Waals surface area contributed by atoms with Gasteiger partial charge in [-0.05, 0) is 30.2 Å². The average Bonchev–Trinajstić information content (AvgIpc) is 3.41. The lowest BCUT2D eigenvalue weighted by molar-refractivity contribution is -0.274. The molecule has 39 heavy (non-hydrogen) atoms. The highest BCUT2D eigenvalue weighted by molar-refractivity contribution is 7.84. The molecular formula is C22H22F4N6O6S. The number of ether oxygens (including phenoxy) is 1. The van der Waals surface area contributed by atoms with Crippen LogP contribution in [0.5, 0.6) is 5.75 Å². The van der Waals surface area contributed by atoms with Crippen molar-refractivity contribution in [2.24, 2.45) is 11.1 Å². The minimum Gasteiger partial charge on any atom is -0.406 e. The highest BCUT2D eigenvalue weighted by Gasteiger charge is 2.44. The highest BCUT2D eigenvalue weighted by Crippen LogP contribution is 2.32. The van der Waals surface area contributed by atoms with Gasteiger partial charge >= 0.3 is 16.7 Å². The van der Waals surface area contributed by atoms with E-state index in [2.05, 4.69) is 29.3 Å². The van der Waals surface area contributed by atoms with Gasteiger partial charge in [-0.2, -0.15) is 13.5 Å². The van der Waals surface area contributed by atoms with Crippen molar-refractivity contribution in [3.8, 4) is 5.75 Å². The Morgan fingerprint density at radius 3 is 2.77 bits per heavy atom. The molecule has 1 fully saturated rings. The van der Waals surface area contributed by atoms with Gasteiger partial charge in [0, 0.05) is 18.3 Å². The lowest BCUT2D eigenvalue weighted by Gasteiger charge is -2.18. The monoisotopic (exact) mass is 574 g/mol. The summed E-state index contributed by atoms with van der Waals surface area (Å²) in [6.45, 7) is -0.499. The number of aliphatic hydroxyl groups is 1. The zero-order valence-corrected chi connectivity index (χ0v) is 20.6. The largest absolute Gasteiger partial charge is 0.573 e. The fourth-order valence-electron chi connectivity index (χ4n) is 4.10. The second-order valence-electron chi connectivity index (χ2n) is 8.67. The van der Waals surface area contributed by atoms with Crippen LogP contribution in [0.3, 0.4) is 0 Å². The van der Waals surface area contributed by atoms with Crippen LogP contribution in [0.25, 0.3) is 0 Å². The van der Waals surface area contributed by atoms with Gasteiger partial charge in [-0.1, -0.05) is 12.1 Å². The Labute approximate surface area is 219 Å². The van der Waals surface area contributed by atoms with E-state index in [1.807, 2.05) is 0 Å². The second-order valence-corrected chi connectivity index (χ2v) is 9.89. The lowest BCUT2D eigenvalue weighted by Crippen LogP contribution is -2.33. The first-order valence-corrected chi connectivity index (χ1v) is 12.7. The molecule has 0 saturated heterocycles. The highest BCUT2D eigenvalue weighted by atomic mass is 32.2. The number of nitrogens with two attached hydrogens (primary N) is 1. The summed E-state index contributed by atoms with van der Waals surface area (Å²) in [5.41, 5.74) is 0.325. The molecule has 17 heteroatoms. The summed E-state index contributed by atoms with van der Waals surface area (Å²) in [6.07, 6.45) is -4.53. The Hall–Kier alpha value is -3.67. The number of alkyl halides is 4. The first-order valence-electron chi connectivity index (χ1n) is 11.3. The molecule has 1 aliphatic rings. The molecule has 210 valence electrons. The molecule has 0 amide bonds. The van der Waals surface area contributed by atoms with Gasteiger partial charge in [0.05, 0.1) is 30.9 Å². The number of aliphatic hydroxyl groups excluding tert-OH is 1. The van der Waals surface area contributed by atoms with Gasteiger partial charge in [-0.3, -0.25) is 13.7 Å². The number of aromatic nitrogens is 4. The van der Waals surface area contributed by atoms with Gasteiger partial charge in [-0.15, -0.1) is 13.2 Å². The zero-order valence-electron chi connectivity index (χ0n) is 19.8. The van der Waals surface area contributed by atoms with Crippen LogP contribution in [0, 0.1) is 5.92 Å². The third kappa shape index (κ3) is 7.47. The zero-order chi connectivity index (χ0) is 28.4. The number of nitrogens with zero attached hydrogens (tertiary/aromatic N) is 4. The summed E-state index contributed by atoms with van der Waals surface area (Å²) in [6, 6.07) is 5.62. The molecule has 1 aromatic carbocycles. The van der Waals surface area contributed by atoms with Gasteiger partial charge < -0.3 is 15.2 Å². The molecule has 3 aromatic rings. The van der Waals surface area contributed by atoms with Crippen molar-refractivity contribution in [1.29, 1.82) is 0 Å². The van der Waals surface area contributed by atoms with E-state index in [0.717, 1.165) is 12.4 Å². The van der Waals surface area contributed by atoms with Crippen molar-refractivity contribution < 1.29 is 44.8 Å². The topological polar surface area (TPSA) is 172 Å². The minimum atomic E-state index is -4.84. The number of benzene rings is 1. The van der Waals surface area contributed by atoms with E-state index in [0.29, 0.717) is 5.56 Å². The van der Waals surface area contributed by atoms with Crippen molar-refractivity contribution in [2.45, 2.75) is 37.6 Å². The van der Waals surface area contributed by atoms with Gasteiger partial charge in [0.2, 0.25) is 5.78 Å². The fourth-order valence-corrected chi connectivity index (χ4v) is 4.47. The van der Waals surface area contributed by atoms with Crippen LogP contribution in [0.1, 0.15) is 28.0 Å². The quantitative estimate of drug-likeness (QED) is 0.238. The number of carbonyl (C=O) groups is 1. The number of halogens is 4. The first-order chi connectivity index (χ1) is 18.3. The molecular weight excluding hydrogens is 552 g/mol. The van der Waals surface area contributed by atoms with Crippen LogP contribution in [-0.2, 0) is 21.0 Å². The van der Waals surface area contributed by atoms with Crippen LogP contribution in [0.15, 0.2) is 49.1 Å². The number of rotatable bonds is 10. The van der Waals surface area contributed by atoms with Crippen LogP contribution in [-0.4, -0.2) is 70.3 Å². The fraction of sp³-hybridized carbons (Fsp3) is 0.364. The molecule has 1 aliphatic carbocycles. The van der Waals surface area contributed by atoms with E-state index >= 15 is 0 Å². The predicted octanol–water partition coefficient (Wildman–Crippen LogP) is 1.57. The van der Waals surface area contributed by atoms with E-state index < -0.39 is 59.0 Å². The minimum absolute atomic E-state index is 0.0320. The van der Waals surface area contributed by atoms with Crippen LogP contribution < -0.4 is 15.2 Å². The maximum atomic E-state index is 14.8. The Kier molecular flexibility index (Phi) is 8.15. The molecule has 4 unspecified atom stereocenters. The molecule has 4 N–H and O–H groups in total. The molecule has 2 heterocycles. The first kappa shape index (κ1) is 28.3.